The molecule has 0 N–H and O–H groups in total. The molecule has 5 heteroatoms. The lowest BCUT2D eigenvalue weighted by Crippen LogP contribution is -1.99. The molecule has 0 bridgehead atoms. The number of benzene rings is 1. The zero-order valence-electron chi connectivity index (χ0n) is 12.4. The van der Waals surface area contributed by atoms with Crippen molar-refractivity contribution >= 4 is 17.8 Å². The van der Waals surface area contributed by atoms with E-state index in [9.17, 15) is 14.0 Å². The van der Waals surface area contributed by atoms with E-state index in [1.807, 2.05) is 0 Å². The summed E-state index contributed by atoms with van der Waals surface area (Å²) in [4.78, 5) is 23.6. The average Bonchev–Trinajstić information content (AvgIpc) is 2.87. The first-order chi connectivity index (χ1) is 10.5. The molecule has 0 saturated carbocycles. The number of ether oxygens (including phenoxy) is 1. The van der Waals surface area contributed by atoms with Crippen molar-refractivity contribution in [3.63, 3.8) is 0 Å². The van der Waals surface area contributed by atoms with Crippen LogP contribution in [-0.2, 0) is 16.6 Å². The van der Waals surface area contributed by atoms with Crippen LogP contribution in [0.2, 0.25) is 0 Å². The Kier molecular flexibility index (Phi) is 4.88. The Hall–Kier alpha value is -2.69. The van der Waals surface area contributed by atoms with Crippen LogP contribution in [0.3, 0.4) is 0 Å². The SMILES string of the molecule is CCOC(=O)/C=C/c1cc(C(=O)c2ccc(F)cc2)cn1C. The lowest BCUT2D eigenvalue weighted by molar-refractivity contribution is -0.137. The molecule has 0 amide bonds. The van der Waals surface area contributed by atoms with Crippen LogP contribution in [0.5, 0.6) is 0 Å². The van der Waals surface area contributed by atoms with E-state index in [-0.39, 0.29) is 11.6 Å². The Bertz CT molecular complexity index is 714. The minimum Gasteiger partial charge on any atom is -0.463 e. The molecular formula is C17H16FNO3. The van der Waals surface area contributed by atoms with Crippen molar-refractivity contribution in [3.8, 4) is 0 Å². The van der Waals surface area contributed by atoms with E-state index < -0.39 is 5.97 Å². The Morgan fingerprint density at radius 2 is 1.91 bits per heavy atom. The number of hydrogen-bond acceptors (Lipinski definition) is 3. The molecule has 0 aliphatic rings. The summed E-state index contributed by atoms with van der Waals surface area (Å²) in [6.07, 6.45) is 4.56. The number of carbonyl (C=O) groups is 2. The van der Waals surface area contributed by atoms with Crippen molar-refractivity contribution in [3.05, 3.63) is 65.2 Å². The summed E-state index contributed by atoms with van der Waals surface area (Å²) in [5.41, 5.74) is 1.57. The van der Waals surface area contributed by atoms with Gasteiger partial charge in [0.25, 0.3) is 0 Å². The van der Waals surface area contributed by atoms with E-state index in [1.165, 1.54) is 30.3 Å². The third-order valence-electron chi connectivity index (χ3n) is 3.09. The minimum absolute atomic E-state index is 0.202. The van der Waals surface area contributed by atoms with Gasteiger partial charge in [0.2, 0.25) is 0 Å². The number of aromatic nitrogens is 1. The predicted octanol–water partition coefficient (Wildman–Crippen LogP) is 2.97. The number of ketones is 1. The first-order valence-corrected chi connectivity index (χ1v) is 6.82. The second kappa shape index (κ2) is 6.85. The molecule has 22 heavy (non-hydrogen) atoms. The van der Waals surface area contributed by atoms with Crippen molar-refractivity contribution in [2.45, 2.75) is 6.92 Å². The molecule has 0 aliphatic heterocycles. The van der Waals surface area contributed by atoms with Gasteiger partial charge in [0.05, 0.1) is 6.61 Å². The van der Waals surface area contributed by atoms with Crippen molar-refractivity contribution < 1.29 is 18.7 Å². The molecule has 0 saturated heterocycles. The molecule has 0 radical (unpaired) electrons. The largest absolute Gasteiger partial charge is 0.463 e. The highest BCUT2D eigenvalue weighted by Gasteiger charge is 2.12. The molecule has 2 aromatic rings. The zero-order valence-corrected chi connectivity index (χ0v) is 12.4. The number of aryl methyl sites for hydroxylation is 1. The van der Waals surface area contributed by atoms with E-state index in [0.29, 0.717) is 23.4 Å². The Balaban J connectivity index is 2.20. The van der Waals surface area contributed by atoms with E-state index in [2.05, 4.69) is 0 Å². The average molecular weight is 301 g/mol. The van der Waals surface area contributed by atoms with Crippen LogP contribution >= 0.6 is 0 Å². The Labute approximate surface area is 127 Å². The lowest BCUT2D eigenvalue weighted by Gasteiger charge is -1.97. The lowest BCUT2D eigenvalue weighted by atomic mass is 10.1. The van der Waals surface area contributed by atoms with Crippen LogP contribution < -0.4 is 0 Å². The number of carbonyl (C=O) groups excluding carboxylic acids is 2. The summed E-state index contributed by atoms with van der Waals surface area (Å²) in [5, 5.41) is 0. The smallest absolute Gasteiger partial charge is 0.330 e. The number of rotatable bonds is 5. The Morgan fingerprint density at radius 3 is 2.55 bits per heavy atom. The van der Waals surface area contributed by atoms with E-state index >= 15 is 0 Å². The maximum absolute atomic E-state index is 12.9. The number of halogens is 1. The van der Waals surface area contributed by atoms with Crippen LogP contribution in [0, 0.1) is 5.82 Å². The molecule has 1 aromatic carbocycles. The van der Waals surface area contributed by atoms with Gasteiger partial charge in [-0.1, -0.05) is 0 Å². The van der Waals surface area contributed by atoms with E-state index in [0.717, 1.165) is 0 Å². The highest BCUT2D eigenvalue weighted by Crippen LogP contribution is 2.15. The molecule has 1 aromatic heterocycles. The third-order valence-corrected chi connectivity index (χ3v) is 3.09. The van der Waals surface area contributed by atoms with Gasteiger partial charge in [-0.3, -0.25) is 4.79 Å². The van der Waals surface area contributed by atoms with Gasteiger partial charge < -0.3 is 9.30 Å². The molecular weight excluding hydrogens is 285 g/mol. The summed E-state index contributed by atoms with van der Waals surface area (Å²) >= 11 is 0. The van der Waals surface area contributed by atoms with Crippen molar-refractivity contribution in [1.29, 1.82) is 0 Å². The maximum Gasteiger partial charge on any atom is 0.330 e. The second-order valence-electron chi connectivity index (χ2n) is 4.69. The predicted molar refractivity (Wildman–Crippen MR) is 80.9 cm³/mol. The molecule has 4 nitrogen and oxygen atoms in total. The molecule has 2 rings (SSSR count). The normalized spacial score (nSPS) is 10.9. The van der Waals surface area contributed by atoms with Crippen LogP contribution in [0.4, 0.5) is 4.39 Å². The molecule has 0 unspecified atom stereocenters. The van der Waals surface area contributed by atoms with Gasteiger partial charge >= 0.3 is 5.97 Å². The maximum atomic E-state index is 12.9. The van der Waals surface area contributed by atoms with Gasteiger partial charge in [0.1, 0.15) is 5.82 Å². The first kappa shape index (κ1) is 15.7. The van der Waals surface area contributed by atoms with Crippen LogP contribution in [-0.4, -0.2) is 22.9 Å². The highest BCUT2D eigenvalue weighted by atomic mass is 19.1. The zero-order chi connectivity index (χ0) is 16.1. The second-order valence-corrected chi connectivity index (χ2v) is 4.69. The molecule has 0 atom stereocenters. The summed E-state index contributed by atoms with van der Waals surface area (Å²) < 4.78 is 19.4. The number of hydrogen-bond donors (Lipinski definition) is 0. The molecule has 114 valence electrons. The summed E-state index contributed by atoms with van der Waals surface area (Å²) in [7, 11) is 1.77. The van der Waals surface area contributed by atoms with Gasteiger partial charge in [-0.25, -0.2) is 9.18 Å². The van der Waals surface area contributed by atoms with Crippen molar-refractivity contribution in [2.24, 2.45) is 7.05 Å². The molecule has 0 aliphatic carbocycles. The topological polar surface area (TPSA) is 48.3 Å². The number of esters is 1. The highest BCUT2D eigenvalue weighted by molar-refractivity contribution is 6.09. The fourth-order valence-electron chi connectivity index (χ4n) is 1.98. The molecule has 0 spiro atoms. The van der Waals surface area contributed by atoms with Crippen LogP contribution in [0.25, 0.3) is 6.08 Å². The fraction of sp³-hybridized carbons (Fsp3) is 0.176. The third kappa shape index (κ3) is 3.69. The summed E-state index contributed by atoms with van der Waals surface area (Å²) in [5.74, 6) is -1.02. The van der Waals surface area contributed by atoms with Crippen molar-refractivity contribution in [2.75, 3.05) is 6.61 Å². The fourth-order valence-corrected chi connectivity index (χ4v) is 1.98. The Morgan fingerprint density at radius 1 is 1.23 bits per heavy atom. The summed E-state index contributed by atoms with van der Waals surface area (Å²) in [6, 6.07) is 7.05. The van der Waals surface area contributed by atoms with Crippen LogP contribution in [0.15, 0.2) is 42.6 Å². The monoisotopic (exact) mass is 301 g/mol. The van der Waals surface area contributed by atoms with Crippen LogP contribution in [0.1, 0.15) is 28.5 Å². The molecule has 0 fully saturated rings. The first-order valence-electron chi connectivity index (χ1n) is 6.82. The van der Waals surface area contributed by atoms with Gasteiger partial charge in [-0.2, -0.15) is 0 Å². The van der Waals surface area contributed by atoms with E-state index in [1.54, 1.807) is 36.9 Å². The quantitative estimate of drug-likeness (QED) is 0.484. The van der Waals surface area contributed by atoms with Gasteiger partial charge in [-0.05, 0) is 43.3 Å². The van der Waals surface area contributed by atoms with Gasteiger partial charge in [-0.15, -0.1) is 0 Å². The summed E-state index contributed by atoms with van der Waals surface area (Å²) in [6.45, 7) is 2.04. The van der Waals surface area contributed by atoms with E-state index in [4.69, 9.17) is 4.74 Å². The standard InChI is InChI=1S/C17H16FNO3/c1-3-22-16(20)9-8-15-10-13(11-19(15)2)17(21)12-4-6-14(18)7-5-12/h4-11H,3H2,1-2H3/b9-8+. The van der Waals surface area contributed by atoms with Gasteiger partial charge in [0.15, 0.2) is 5.78 Å². The van der Waals surface area contributed by atoms with Crippen molar-refractivity contribution in [1.82, 2.24) is 4.57 Å². The molecule has 1 heterocycles. The minimum atomic E-state index is -0.435. The number of nitrogens with zero attached hydrogens (tertiary/aromatic N) is 1. The van der Waals surface area contributed by atoms with Gasteiger partial charge in [0, 0.05) is 36.1 Å².